The molecule has 0 radical (unpaired) electrons. The zero-order valence-electron chi connectivity index (χ0n) is 22.1. The number of carbonyl (C=O) groups is 3. The van der Waals surface area contributed by atoms with Gasteiger partial charge >= 0.3 is 5.97 Å². The summed E-state index contributed by atoms with van der Waals surface area (Å²) in [5, 5.41) is 8.78. The van der Waals surface area contributed by atoms with Gasteiger partial charge in [-0.05, 0) is 48.6 Å². The van der Waals surface area contributed by atoms with E-state index in [0.29, 0.717) is 53.6 Å². The maximum absolute atomic E-state index is 15.3. The number of anilines is 2. The smallest absolute Gasteiger partial charge is 0.304 e. The van der Waals surface area contributed by atoms with Gasteiger partial charge in [0.15, 0.2) is 5.13 Å². The Morgan fingerprint density at radius 3 is 2.58 bits per heavy atom. The van der Waals surface area contributed by atoms with Crippen LogP contribution in [0.5, 0.6) is 0 Å². The molecule has 2 aromatic heterocycles. The normalized spacial score (nSPS) is 16.5. The van der Waals surface area contributed by atoms with Crippen LogP contribution in [0.1, 0.15) is 51.4 Å². The van der Waals surface area contributed by atoms with Crippen molar-refractivity contribution in [3.05, 3.63) is 47.5 Å². The van der Waals surface area contributed by atoms with Gasteiger partial charge in [0.05, 0.1) is 6.42 Å². The molecule has 210 valence electrons. The second kappa shape index (κ2) is 11.8. The third kappa shape index (κ3) is 5.89. The van der Waals surface area contributed by atoms with Crippen molar-refractivity contribution in [3.63, 3.8) is 0 Å². The third-order valence-corrected chi connectivity index (χ3v) is 8.62. The third-order valence-electron chi connectivity index (χ3n) is 7.70. The molecule has 1 aromatic carbocycles. The lowest BCUT2D eigenvalue weighted by Crippen LogP contribution is -2.35. The minimum absolute atomic E-state index is 0.00676. The van der Waals surface area contributed by atoms with Gasteiger partial charge in [-0.15, -0.1) is 0 Å². The molecule has 1 saturated carbocycles. The van der Waals surface area contributed by atoms with Crippen LogP contribution >= 0.6 is 11.3 Å². The van der Waals surface area contributed by atoms with E-state index in [1.807, 2.05) is 0 Å². The second-order valence-electron chi connectivity index (χ2n) is 10.4. The van der Waals surface area contributed by atoms with Crippen LogP contribution < -0.4 is 9.80 Å². The van der Waals surface area contributed by atoms with E-state index in [1.54, 1.807) is 23.2 Å². The molecule has 1 unspecified atom stereocenters. The number of carboxylic acid groups (broad SMARTS) is 1. The second-order valence-corrected chi connectivity index (χ2v) is 11.4. The number of halogens is 2. The van der Waals surface area contributed by atoms with E-state index in [2.05, 4.69) is 9.97 Å². The Morgan fingerprint density at radius 1 is 1.15 bits per heavy atom. The maximum atomic E-state index is 15.3. The number of thiazole rings is 1. The number of carbonyl (C=O) groups excluding carboxylic acids is 2. The molecule has 1 atom stereocenters. The number of hydrogen-bond donors (Lipinski definition) is 1. The number of pyridine rings is 1. The molecule has 3 heterocycles. The molecule has 5 rings (SSSR count). The van der Waals surface area contributed by atoms with Crippen LogP contribution in [0.2, 0.25) is 0 Å². The first-order chi connectivity index (χ1) is 19.2. The topological polar surface area (TPSA) is 104 Å². The molecule has 2 fully saturated rings. The molecule has 2 aliphatic rings. The molecular weight excluding hydrogens is 538 g/mol. The predicted octanol–water partition coefficient (Wildman–Crippen LogP) is 5.91. The number of rotatable bonds is 9. The summed E-state index contributed by atoms with van der Waals surface area (Å²) in [6, 6.07) is 7.40. The largest absolute Gasteiger partial charge is 0.481 e. The number of aliphatic carboxylic acids is 1. The van der Waals surface area contributed by atoms with E-state index >= 15 is 4.39 Å². The van der Waals surface area contributed by atoms with Crippen molar-refractivity contribution in [1.82, 2.24) is 9.97 Å². The zero-order chi connectivity index (χ0) is 28.4. The van der Waals surface area contributed by atoms with Gasteiger partial charge in [-0.25, -0.2) is 14.4 Å². The summed E-state index contributed by atoms with van der Waals surface area (Å²) < 4.78 is 29.7. The molecule has 0 bridgehead atoms. The Bertz CT molecular complexity index is 1420. The van der Waals surface area contributed by atoms with E-state index in [1.165, 1.54) is 30.1 Å². The van der Waals surface area contributed by atoms with Gasteiger partial charge in [-0.2, -0.15) is 4.39 Å². The Labute approximate surface area is 234 Å². The van der Waals surface area contributed by atoms with Crippen molar-refractivity contribution in [3.8, 4) is 22.4 Å². The number of hydrogen-bond acceptors (Lipinski definition) is 6. The fraction of sp³-hybridized carbons (Fsp3) is 0.414. The number of amides is 2. The van der Waals surface area contributed by atoms with Gasteiger partial charge < -0.3 is 5.11 Å². The van der Waals surface area contributed by atoms with Crippen LogP contribution in [0.15, 0.2) is 36.5 Å². The Morgan fingerprint density at radius 2 is 1.93 bits per heavy atom. The van der Waals surface area contributed by atoms with Crippen LogP contribution in [0.4, 0.5) is 19.7 Å². The van der Waals surface area contributed by atoms with Crippen molar-refractivity contribution in [1.29, 1.82) is 0 Å². The molecule has 2 amide bonds. The van der Waals surface area contributed by atoms with E-state index in [9.17, 15) is 23.9 Å². The fourth-order valence-electron chi connectivity index (χ4n) is 5.66. The highest BCUT2D eigenvalue weighted by atomic mass is 32.1. The summed E-state index contributed by atoms with van der Waals surface area (Å²) in [5.41, 5.74) is 1.16. The standard InChI is InChI=1S/C29H30F2N4O4S/c1-34(28(39)19(14-25(37)38)13-17-5-2-3-6-17)29-33-26(27(31)40-29)22-15-20(30)9-10-21(22)18-8-11-23(32-16-18)35-12-4-7-24(35)36/h8-11,15-17,19H,2-7,12-14H2,1H3,(H,37,38). The summed E-state index contributed by atoms with van der Waals surface area (Å²) in [6.45, 7) is 0.597. The first kappa shape index (κ1) is 27.8. The van der Waals surface area contributed by atoms with Crippen molar-refractivity contribution < 1.29 is 28.3 Å². The van der Waals surface area contributed by atoms with Gasteiger partial charge in [0.25, 0.3) is 0 Å². The van der Waals surface area contributed by atoms with Crippen LogP contribution in [-0.4, -0.2) is 46.5 Å². The lowest BCUT2D eigenvalue weighted by Gasteiger charge is -2.23. The van der Waals surface area contributed by atoms with Crippen LogP contribution in [0, 0.1) is 22.8 Å². The summed E-state index contributed by atoms with van der Waals surface area (Å²) in [6.07, 6.45) is 7.04. The molecule has 1 aliphatic heterocycles. The van der Waals surface area contributed by atoms with Gasteiger partial charge in [0.2, 0.25) is 16.9 Å². The molecule has 1 N–H and O–H groups in total. The first-order valence-corrected chi connectivity index (χ1v) is 14.2. The number of nitrogens with zero attached hydrogens (tertiary/aromatic N) is 4. The molecule has 1 saturated heterocycles. The minimum atomic E-state index is -1.06. The minimum Gasteiger partial charge on any atom is -0.481 e. The molecule has 11 heteroatoms. The Balaban J connectivity index is 1.42. The van der Waals surface area contributed by atoms with Crippen LogP contribution in [0.3, 0.4) is 0 Å². The van der Waals surface area contributed by atoms with E-state index in [0.717, 1.165) is 32.1 Å². The molecule has 0 spiro atoms. The van der Waals surface area contributed by atoms with Crippen molar-refractivity contribution in [2.45, 2.75) is 51.4 Å². The predicted molar refractivity (Wildman–Crippen MR) is 148 cm³/mol. The SMILES string of the molecule is CN(C(=O)C(CC(=O)O)CC1CCCC1)c1nc(-c2cc(F)ccc2-c2ccc(N3CCCC3=O)nc2)c(F)s1. The van der Waals surface area contributed by atoms with Crippen molar-refractivity contribution >= 4 is 40.1 Å². The first-order valence-electron chi connectivity index (χ1n) is 13.4. The number of aromatic nitrogens is 2. The Kier molecular flexibility index (Phi) is 8.20. The van der Waals surface area contributed by atoms with Crippen LogP contribution in [-0.2, 0) is 14.4 Å². The molecule has 8 nitrogen and oxygen atoms in total. The van der Waals surface area contributed by atoms with Gasteiger partial charge in [0, 0.05) is 43.3 Å². The van der Waals surface area contributed by atoms with E-state index in [-0.39, 0.29) is 28.7 Å². The molecular formula is C29H30F2N4O4S. The molecule has 1 aliphatic carbocycles. The highest BCUT2D eigenvalue weighted by Gasteiger charge is 2.31. The van der Waals surface area contributed by atoms with E-state index in [4.69, 9.17) is 0 Å². The monoisotopic (exact) mass is 568 g/mol. The summed E-state index contributed by atoms with van der Waals surface area (Å²) in [4.78, 5) is 48.5. The highest BCUT2D eigenvalue weighted by molar-refractivity contribution is 7.14. The summed E-state index contributed by atoms with van der Waals surface area (Å²) in [5.74, 6) is -1.99. The lowest BCUT2D eigenvalue weighted by atomic mass is 9.90. The van der Waals surface area contributed by atoms with Gasteiger partial charge in [0.1, 0.15) is 17.3 Å². The average molecular weight is 569 g/mol. The molecule has 40 heavy (non-hydrogen) atoms. The highest BCUT2D eigenvalue weighted by Crippen LogP contribution is 2.39. The number of benzene rings is 1. The van der Waals surface area contributed by atoms with Gasteiger partial charge in [-0.3, -0.25) is 24.2 Å². The van der Waals surface area contributed by atoms with E-state index < -0.39 is 28.7 Å². The zero-order valence-corrected chi connectivity index (χ0v) is 22.9. The quantitative estimate of drug-likeness (QED) is 0.344. The average Bonchev–Trinajstić information content (AvgIpc) is 3.69. The Hall–Kier alpha value is -3.73. The summed E-state index contributed by atoms with van der Waals surface area (Å²) >= 11 is 0.652. The van der Waals surface area contributed by atoms with Crippen molar-refractivity contribution in [2.75, 3.05) is 23.4 Å². The maximum Gasteiger partial charge on any atom is 0.304 e. The summed E-state index contributed by atoms with van der Waals surface area (Å²) in [7, 11) is 1.46. The van der Waals surface area contributed by atoms with Crippen LogP contribution in [0.25, 0.3) is 22.4 Å². The van der Waals surface area contributed by atoms with Crippen molar-refractivity contribution in [2.24, 2.45) is 11.8 Å². The van der Waals surface area contributed by atoms with Gasteiger partial charge in [-0.1, -0.05) is 43.1 Å². The number of carboxylic acids is 1. The fourth-order valence-corrected chi connectivity index (χ4v) is 6.44. The lowest BCUT2D eigenvalue weighted by molar-refractivity contribution is -0.140. The molecule has 3 aromatic rings.